The molecule has 1 amide bonds. The molecular weight excluding hydrogens is 368 g/mol. The molecule has 0 aliphatic carbocycles. The van der Waals surface area contributed by atoms with Crippen LogP contribution in [0.4, 0.5) is 17.2 Å². The Bertz CT molecular complexity index is 1030. The highest BCUT2D eigenvalue weighted by atomic mass is 16.5. The predicted octanol–water partition coefficient (Wildman–Crippen LogP) is 4.13. The first-order valence-corrected chi connectivity index (χ1v) is 9.20. The van der Waals surface area contributed by atoms with Gasteiger partial charge in [0.2, 0.25) is 0 Å². The summed E-state index contributed by atoms with van der Waals surface area (Å²) in [7, 11) is 1.32. The standard InChI is InChI=1S/C22H22N4O3/c1-4-15-7-5-6-8-18(15)26-20-13-19(23-14(2)24-20)21(27)25-17-11-9-16(10-12-17)22(28)29-3/h5-13H,4H2,1-3H3,(H,25,27)(H,23,24,26). The molecule has 2 N–H and O–H groups in total. The van der Waals surface area contributed by atoms with Crippen molar-refractivity contribution >= 4 is 29.1 Å². The van der Waals surface area contributed by atoms with Gasteiger partial charge in [0.05, 0.1) is 12.7 Å². The van der Waals surface area contributed by atoms with Crippen molar-refractivity contribution in [2.75, 3.05) is 17.7 Å². The molecule has 0 atom stereocenters. The van der Waals surface area contributed by atoms with Gasteiger partial charge in [-0.15, -0.1) is 0 Å². The summed E-state index contributed by atoms with van der Waals surface area (Å²) in [6, 6.07) is 16.0. The maximum absolute atomic E-state index is 12.6. The monoisotopic (exact) mass is 390 g/mol. The van der Waals surface area contributed by atoms with Crippen molar-refractivity contribution in [3.63, 3.8) is 0 Å². The van der Waals surface area contributed by atoms with E-state index in [1.54, 1.807) is 37.3 Å². The number of nitrogens with zero attached hydrogens (tertiary/aromatic N) is 2. The second kappa shape index (κ2) is 8.97. The fourth-order valence-electron chi connectivity index (χ4n) is 2.84. The summed E-state index contributed by atoms with van der Waals surface area (Å²) in [5.41, 5.74) is 3.29. The van der Waals surface area contributed by atoms with E-state index in [-0.39, 0.29) is 11.6 Å². The molecule has 2 aromatic carbocycles. The van der Waals surface area contributed by atoms with Crippen LogP contribution in [0.25, 0.3) is 0 Å². The summed E-state index contributed by atoms with van der Waals surface area (Å²) in [5.74, 6) is 0.227. The van der Waals surface area contributed by atoms with Gasteiger partial charge in [0.1, 0.15) is 17.3 Å². The smallest absolute Gasteiger partial charge is 0.337 e. The molecule has 148 valence electrons. The van der Waals surface area contributed by atoms with Gasteiger partial charge in [-0.3, -0.25) is 4.79 Å². The van der Waals surface area contributed by atoms with Gasteiger partial charge >= 0.3 is 5.97 Å². The number of nitrogens with one attached hydrogen (secondary N) is 2. The third kappa shape index (κ3) is 4.95. The number of amides is 1. The van der Waals surface area contributed by atoms with E-state index in [2.05, 4.69) is 32.3 Å². The molecule has 0 bridgehead atoms. The maximum atomic E-state index is 12.6. The number of carbonyl (C=O) groups is 2. The summed E-state index contributed by atoms with van der Waals surface area (Å²) in [6.07, 6.45) is 0.877. The van der Waals surface area contributed by atoms with E-state index in [0.717, 1.165) is 17.7 Å². The first-order chi connectivity index (χ1) is 14.0. The summed E-state index contributed by atoms with van der Waals surface area (Å²) >= 11 is 0. The summed E-state index contributed by atoms with van der Waals surface area (Å²) in [4.78, 5) is 32.8. The summed E-state index contributed by atoms with van der Waals surface area (Å²) < 4.78 is 4.67. The number of esters is 1. The molecule has 0 spiro atoms. The van der Waals surface area contributed by atoms with E-state index >= 15 is 0 Å². The molecule has 0 saturated carbocycles. The number of aryl methyl sites for hydroxylation is 2. The average molecular weight is 390 g/mol. The molecule has 7 heteroatoms. The number of ether oxygens (including phenoxy) is 1. The van der Waals surface area contributed by atoms with Gasteiger partial charge < -0.3 is 15.4 Å². The molecule has 0 unspecified atom stereocenters. The summed E-state index contributed by atoms with van der Waals surface area (Å²) in [5, 5.41) is 6.04. The zero-order valence-corrected chi connectivity index (χ0v) is 16.5. The van der Waals surface area contributed by atoms with Crippen molar-refractivity contribution in [3.8, 4) is 0 Å². The van der Waals surface area contributed by atoms with Gasteiger partial charge in [-0.1, -0.05) is 25.1 Å². The Labute approximate surface area is 169 Å². The molecule has 0 aliphatic heterocycles. The first kappa shape index (κ1) is 20.0. The molecule has 29 heavy (non-hydrogen) atoms. The van der Waals surface area contributed by atoms with Crippen LogP contribution in [0, 0.1) is 6.92 Å². The zero-order valence-electron chi connectivity index (χ0n) is 16.5. The number of para-hydroxylation sites is 1. The Hall–Kier alpha value is -3.74. The second-order valence-corrected chi connectivity index (χ2v) is 6.34. The molecule has 0 aliphatic rings. The van der Waals surface area contributed by atoms with Crippen LogP contribution >= 0.6 is 0 Å². The minimum atomic E-state index is -0.433. The number of hydrogen-bond donors (Lipinski definition) is 2. The Morgan fingerprint density at radius 3 is 2.45 bits per heavy atom. The molecule has 7 nitrogen and oxygen atoms in total. The number of rotatable bonds is 6. The number of carbonyl (C=O) groups excluding carboxylic acids is 2. The van der Waals surface area contributed by atoms with Gasteiger partial charge in [-0.05, 0) is 49.2 Å². The van der Waals surface area contributed by atoms with Gasteiger partial charge in [-0.25, -0.2) is 14.8 Å². The average Bonchev–Trinajstić information content (AvgIpc) is 2.73. The molecule has 0 radical (unpaired) electrons. The van der Waals surface area contributed by atoms with Crippen LogP contribution in [0.5, 0.6) is 0 Å². The first-order valence-electron chi connectivity index (χ1n) is 9.20. The third-order valence-corrected chi connectivity index (χ3v) is 4.30. The number of benzene rings is 2. The van der Waals surface area contributed by atoms with Gasteiger partial charge in [0.15, 0.2) is 0 Å². The van der Waals surface area contributed by atoms with Crippen LogP contribution in [0.2, 0.25) is 0 Å². The molecule has 0 fully saturated rings. The van der Waals surface area contributed by atoms with Crippen LogP contribution in [-0.2, 0) is 11.2 Å². The van der Waals surface area contributed by atoms with E-state index in [9.17, 15) is 9.59 Å². The third-order valence-electron chi connectivity index (χ3n) is 4.30. The molecule has 3 rings (SSSR count). The van der Waals surface area contributed by atoms with Crippen LogP contribution in [0.3, 0.4) is 0 Å². The fraction of sp³-hybridized carbons (Fsp3) is 0.182. The minimum Gasteiger partial charge on any atom is -0.465 e. The maximum Gasteiger partial charge on any atom is 0.337 e. The zero-order chi connectivity index (χ0) is 20.8. The lowest BCUT2D eigenvalue weighted by molar-refractivity contribution is 0.0600. The Morgan fingerprint density at radius 2 is 1.76 bits per heavy atom. The quantitative estimate of drug-likeness (QED) is 0.615. The number of anilines is 3. The van der Waals surface area contributed by atoms with Gasteiger partial charge in [-0.2, -0.15) is 0 Å². The Kier molecular flexibility index (Phi) is 6.19. The highest BCUT2D eigenvalue weighted by molar-refractivity contribution is 6.03. The van der Waals surface area contributed by atoms with E-state index in [1.165, 1.54) is 7.11 Å². The Balaban J connectivity index is 1.78. The topological polar surface area (TPSA) is 93.2 Å². The molecular formula is C22H22N4O3. The van der Waals surface area contributed by atoms with E-state index in [0.29, 0.717) is 22.9 Å². The molecule has 0 saturated heterocycles. The molecule has 1 aromatic heterocycles. The van der Waals surface area contributed by atoms with Crippen molar-refractivity contribution in [3.05, 3.63) is 77.2 Å². The minimum absolute atomic E-state index is 0.242. The van der Waals surface area contributed by atoms with Crippen molar-refractivity contribution in [1.29, 1.82) is 0 Å². The van der Waals surface area contributed by atoms with E-state index < -0.39 is 5.97 Å². The van der Waals surface area contributed by atoms with Crippen molar-refractivity contribution in [1.82, 2.24) is 9.97 Å². The number of hydrogen-bond acceptors (Lipinski definition) is 6. The van der Waals surface area contributed by atoms with Crippen molar-refractivity contribution < 1.29 is 14.3 Å². The lowest BCUT2D eigenvalue weighted by atomic mass is 10.1. The van der Waals surface area contributed by atoms with Crippen LogP contribution in [0.15, 0.2) is 54.6 Å². The largest absolute Gasteiger partial charge is 0.465 e. The fourth-order valence-corrected chi connectivity index (χ4v) is 2.84. The second-order valence-electron chi connectivity index (χ2n) is 6.34. The van der Waals surface area contributed by atoms with Crippen LogP contribution < -0.4 is 10.6 Å². The number of aromatic nitrogens is 2. The summed E-state index contributed by atoms with van der Waals surface area (Å²) in [6.45, 7) is 3.81. The Morgan fingerprint density at radius 1 is 1.03 bits per heavy atom. The SMILES string of the molecule is CCc1ccccc1Nc1cc(C(=O)Nc2ccc(C(=O)OC)cc2)nc(C)n1. The lowest BCUT2D eigenvalue weighted by Gasteiger charge is -2.12. The number of methoxy groups -OCH3 is 1. The highest BCUT2D eigenvalue weighted by Crippen LogP contribution is 2.21. The van der Waals surface area contributed by atoms with Crippen molar-refractivity contribution in [2.24, 2.45) is 0 Å². The normalized spacial score (nSPS) is 10.3. The lowest BCUT2D eigenvalue weighted by Crippen LogP contribution is -2.15. The van der Waals surface area contributed by atoms with Crippen LogP contribution in [-0.4, -0.2) is 29.0 Å². The van der Waals surface area contributed by atoms with Crippen LogP contribution in [0.1, 0.15) is 39.2 Å². The van der Waals surface area contributed by atoms with E-state index in [1.807, 2.05) is 24.3 Å². The van der Waals surface area contributed by atoms with E-state index in [4.69, 9.17) is 0 Å². The van der Waals surface area contributed by atoms with Gasteiger partial charge in [0, 0.05) is 17.4 Å². The predicted molar refractivity (Wildman–Crippen MR) is 112 cm³/mol. The molecule has 3 aromatic rings. The molecule has 1 heterocycles. The van der Waals surface area contributed by atoms with Gasteiger partial charge in [0.25, 0.3) is 5.91 Å². The van der Waals surface area contributed by atoms with Crippen molar-refractivity contribution in [2.45, 2.75) is 20.3 Å². The highest BCUT2D eigenvalue weighted by Gasteiger charge is 2.13.